The minimum Gasteiger partial charge on any atom is -0.375 e. The van der Waals surface area contributed by atoms with E-state index in [4.69, 9.17) is 0 Å². The van der Waals surface area contributed by atoms with Crippen molar-refractivity contribution in [1.82, 2.24) is 4.90 Å². The highest BCUT2D eigenvalue weighted by Crippen LogP contribution is 2.33. The second-order valence-corrected chi connectivity index (χ2v) is 3.30. The van der Waals surface area contributed by atoms with Crippen LogP contribution in [-0.2, 0) is 0 Å². The maximum Gasteiger partial charge on any atom is 0.0210 e. The normalized spacial score (nSPS) is 30.7. The molecule has 0 radical (unpaired) electrons. The van der Waals surface area contributed by atoms with Crippen molar-refractivity contribution in [1.29, 1.82) is 0 Å². The van der Waals surface area contributed by atoms with Gasteiger partial charge in [-0.2, -0.15) is 0 Å². The van der Waals surface area contributed by atoms with Gasteiger partial charge in [-0.25, -0.2) is 0 Å². The molecule has 0 N–H and O–H groups in total. The molecule has 1 unspecified atom stereocenters. The molecule has 10 heavy (non-hydrogen) atoms. The SMILES string of the molecule is CCC1CCN2CCC=C12. The Morgan fingerprint density at radius 3 is 3.30 bits per heavy atom. The number of allylic oxidation sites excluding steroid dienone is 1. The summed E-state index contributed by atoms with van der Waals surface area (Å²) < 4.78 is 0. The summed E-state index contributed by atoms with van der Waals surface area (Å²) in [4.78, 5) is 2.55. The Labute approximate surface area is 62.7 Å². The van der Waals surface area contributed by atoms with Crippen molar-refractivity contribution in [3.8, 4) is 0 Å². The van der Waals surface area contributed by atoms with Crippen molar-refractivity contribution in [3.05, 3.63) is 11.8 Å². The quantitative estimate of drug-likeness (QED) is 0.534. The van der Waals surface area contributed by atoms with Crippen molar-refractivity contribution >= 4 is 0 Å². The molecule has 2 rings (SSSR count). The van der Waals surface area contributed by atoms with Gasteiger partial charge in [0.15, 0.2) is 0 Å². The smallest absolute Gasteiger partial charge is 0.0210 e. The van der Waals surface area contributed by atoms with Crippen molar-refractivity contribution in [2.75, 3.05) is 13.1 Å². The third kappa shape index (κ3) is 0.764. The molecule has 1 fully saturated rings. The average molecular weight is 137 g/mol. The molecule has 1 heteroatoms. The molecule has 0 spiro atoms. The molecule has 2 aliphatic heterocycles. The fourth-order valence-corrected chi connectivity index (χ4v) is 2.17. The Morgan fingerprint density at radius 2 is 2.50 bits per heavy atom. The first-order valence-corrected chi connectivity index (χ1v) is 4.37. The van der Waals surface area contributed by atoms with Gasteiger partial charge in [0.2, 0.25) is 0 Å². The van der Waals surface area contributed by atoms with Crippen LogP contribution in [0.3, 0.4) is 0 Å². The Morgan fingerprint density at radius 1 is 1.60 bits per heavy atom. The van der Waals surface area contributed by atoms with Crippen LogP contribution < -0.4 is 0 Å². The van der Waals surface area contributed by atoms with Crippen LogP contribution in [0.2, 0.25) is 0 Å². The highest BCUT2D eigenvalue weighted by molar-refractivity contribution is 5.15. The van der Waals surface area contributed by atoms with Crippen LogP contribution in [0.4, 0.5) is 0 Å². The van der Waals surface area contributed by atoms with Crippen LogP contribution in [0.1, 0.15) is 26.2 Å². The van der Waals surface area contributed by atoms with Gasteiger partial charge in [-0.05, 0) is 25.2 Å². The molecule has 0 bridgehead atoms. The highest BCUT2D eigenvalue weighted by atomic mass is 15.2. The van der Waals surface area contributed by atoms with Gasteiger partial charge >= 0.3 is 0 Å². The number of fused-ring (bicyclic) bond motifs is 1. The predicted molar refractivity (Wildman–Crippen MR) is 42.7 cm³/mol. The summed E-state index contributed by atoms with van der Waals surface area (Å²) in [6.07, 6.45) is 6.47. The first-order valence-electron chi connectivity index (χ1n) is 4.37. The van der Waals surface area contributed by atoms with Crippen molar-refractivity contribution in [3.63, 3.8) is 0 Å². The van der Waals surface area contributed by atoms with Crippen molar-refractivity contribution < 1.29 is 0 Å². The second-order valence-electron chi connectivity index (χ2n) is 3.30. The fourth-order valence-electron chi connectivity index (χ4n) is 2.17. The Kier molecular flexibility index (Phi) is 1.44. The molecule has 0 saturated carbocycles. The van der Waals surface area contributed by atoms with Gasteiger partial charge in [0.25, 0.3) is 0 Å². The second kappa shape index (κ2) is 2.30. The lowest BCUT2D eigenvalue weighted by Crippen LogP contribution is -2.13. The number of hydrogen-bond donors (Lipinski definition) is 0. The van der Waals surface area contributed by atoms with Crippen LogP contribution in [0.15, 0.2) is 11.8 Å². The summed E-state index contributed by atoms with van der Waals surface area (Å²) in [5.41, 5.74) is 1.66. The molecule has 1 saturated heterocycles. The number of hydrogen-bond acceptors (Lipinski definition) is 1. The first kappa shape index (κ1) is 6.26. The van der Waals surface area contributed by atoms with E-state index in [-0.39, 0.29) is 0 Å². The lowest BCUT2D eigenvalue weighted by atomic mass is 10.0. The van der Waals surface area contributed by atoms with Crippen LogP contribution in [0.25, 0.3) is 0 Å². The standard InChI is InChI=1S/C9H15N/c1-2-8-5-7-10-6-3-4-9(8)10/h4,8H,2-3,5-7H2,1H3. The third-order valence-electron chi connectivity index (χ3n) is 2.78. The molecule has 0 aromatic rings. The van der Waals surface area contributed by atoms with E-state index in [9.17, 15) is 0 Å². The lowest BCUT2D eigenvalue weighted by Gasteiger charge is -2.14. The Hall–Kier alpha value is -0.460. The minimum atomic E-state index is 0.905. The summed E-state index contributed by atoms with van der Waals surface area (Å²) in [6.45, 7) is 4.92. The molecule has 0 aromatic carbocycles. The van der Waals surface area contributed by atoms with Crippen LogP contribution in [0, 0.1) is 5.92 Å². The van der Waals surface area contributed by atoms with Gasteiger partial charge < -0.3 is 4.90 Å². The van der Waals surface area contributed by atoms with E-state index in [0.29, 0.717) is 0 Å². The number of nitrogens with zero attached hydrogens (tertiary/aromatic N) is 1. The first-order chi connectivity index (χ1) is 4.92. The van der Waals surface area contributed by atoms with Gasteiger partial charge in [0, 0.05) is 18.8 Å². The zero-order valence-electron chi connectivity index (χ0n) is 6.64. The van der Waals surface area contributed by atoms with Crippen LogP contribution in [0.5, 0.6) is 0 Å². The zero-order valence-corrected chi connectivity index (χ0v) is 6.64. The monoisotopic (exact) mass is 137 g/mol. The molecule has 0 aromatic heterocycles. The van der Waals surface area contributed by atoms with Gasteiger partial charge in [0.05, 0.1) is 0 Å². The Bertz CT molecular complexity index is 160. The molecule has 0 amide bonds. The van der Waals surface area contributed by atoms with E-state index >= 15 is 0 Å². The van der Waals surface area contributed by atoms with E-state index in [0.717, 1.165) is 5.92 Å². The third-order valence-corrected chi connectivity index (χ3v) is 2.78. The van der Waals surface area contributed by atoms with Gasteiger partial charge in [0.1, 0.15) is 0 Å². The summed E-state index contributed by atoms with van der Waals surface area (Å²) in [5.74, 6) is 0.905. The largest absolute Gasteiger partial charge is 0.375 e. The van der Waals surface area contributed by atoms with Gasteiger partial charge in [-0.3, -0.25) is 0 Å². The van der Waals surface area contributed by atoms with Crippen LogP contribution in [-0.4, -0.2) is 18.0 Å². The summed E-state index contributed by atoms with van der Waals surface area (Å²) in [6, 6.07) is 0. The summed E-state index contributed by atoms with van der Waals surface area (Å²) in [7, 11) is 0. The van der Waals surface area contributed by atoms with E-state index in [1.54, 1.807) is 5.70 Å². The molecule has 56 valence electrons. The van der Waals surface area contributed by atoms with Crippen molar-refractivity contribution in [2.24, 2.45) is 5.92 Å². The van der Waals surface area contributed by atoms with Gasteiger partial charge in [-0.1, -0.05) is 13.0 Å². The zero-order chi connectivity index (χ0) is 6.97. The van der Waals surface area contributed by atoms with E-state index in [2.05, 4.69) is 17.9 Å². The van der Waals surface area contributed by atoms with Crippen LogP contribution >= 0.6 is 0 Å². The van der Waals surface area contributed by atoms with E-state index < -0.39 is 0 Å². The molecule has 0 aliphatic carbocycles. The highest BCUT2D eigenvalue weighted by Gasteiger charge is 2.28. The van der Waals surface area contributed by atoms with E-state index in [1.165, 1.54) is 32.4 Å². The summed E-state index contributed by atoms with van der Waals surface area (Å²) in [5, 5.41) is 0. The van der Waals surface area contributed by atoms with Crippen molar-refractivity contribution in [2.45, 2.75) is 26.2 Å². The minimum absolute atomic E-state index is 0.905. The molecular weight excluding hydrogens is 122 g/mol. The predicted octanol–water partition coefficient (Wildman–Crippen LogP) is 2.01. The molecule has 2 aliphatic rings. The molecule has 2 heterocycles. The maximum atomic E-state index is 2.55. The molecule has 1 atom stereocenters. The fraction of sp³-hybridized carbons (Fsp3) is 0.778. The maximum absolute atomic E-state index is 2.55. The summed E-state index contributed by atoms with van der Waals surface area (Å²) >= 11 is 0. The molecular formula is C9H15N. The Balaban J connectivity index is 2.14. The topological polar surface area (TPSA) is 3.24 Å². The van der Waals surface area contributed by atoms with E-state index in [1.807, 2.05) is 0 Å². The number of rotatable bonds is 1. The lowest BCUT2D eigenvalue weighted by molar-refractivity contribution is 0.425. The average Bonchev–Trinajstić information content (AvgIpc) is 2.44. The molecule has 1 nitrogen and oxygen atoms in total. The van der Waals surface area contributed by atoms with Gasteiger partial charge in [-0.15, -0.1) is 0 Å².